The molecule has 0 saturated heterocycles. The second kappa shape index (κ2) is 6.17. The summed E-state index contributed by atoms with van der Waals surface area (Å²) in [5.41, 5.74) is 8.49. The smallest absolute Gasteiger partial charge is 0.327 e. The van der Waals surface area contributed by atoms with Crippen molar-refractivity contribution in [1.82, 2.24) is 0 Å². The van der Waals surface area contributed by atoms with Gasteiger partial charge in [-0.2, -0.15) is 13.2 Å². The third-order valence-electron chi connectivity index (χ3n) is 4.50. The molecule has 4 heteroatoms. The molecule has 2 rings (SSSR count). The lowest BCUT2D eigenvalue weighted by atomic mass is 9.76. The molecular weight excluding hydrogens is 263 g/mol. The number of halogens is 3. The van der Waals surface area contributed by atoms with Crippen LogP contribution in [-0.2, 0) is 6.42 Å². The standard InChI is InChI=1S/C16H22F3N/c1-11-5-2-3-6-12(11)10-15(20)13-7-4-8-14(9-13)16(17,18)19/h2-3,5-6,13-15H,4,7-10,20H2,1H3. The lowest BCUT2D eigenvalue weighted by molar-refractivity contribution is -0.186. The predicted molar refractivity (Wildman–Crippen MR) is 74.4 cm³/mol. The number of alkyl halides is 3. The SMILES string of the molecule is Cc1ccccc1CC(N)C1CCCC(C(F)(F)F)C1. The van der Waals surface area contributed by atoms with Crippen molar-refractivity contribution in [3.63, 3.8) is 0 Å². The van der Waals surface area contributed by atoms with Gasteiger partial charge in [0, 0.05) is 6.04 Å². The molecule has 1 aliphatic rings. The molecule has 1 aliphatic carbocycles. The molecular formula is C16H22F3N. The van der Waals surface area contributed by atoms with Crippen LogP contribution in [0.2, 0.25) is 0 Å². The molecule has 0 radical (unpaired) electrons. The maximum absolute atomic E-state index is 12.8. The minimum Gasteiger partial charge on any atom is -0.327 e. The van der Waals surface area contributed by atoms with Gasteiger partial charge >= 0.3 is 6.18 Å². The van der Waals surface area contributed by atoms with E-state index in [0.717, 1.165) is 17.5 Å². The Bertz CT molecular complexity index is 442. The van der Waals surface area contributed by atoms with Crippen LogP contribution in [0.15, 0.2) is 24.3 Å². The molecule has 20 heavy (non-hydrogen) atoms. The van der Waals surface area contributed by atoms with Gasteiger partial charge < -0.3 is 5.73 Å². The molecule has 0 amide bonds. The normalized spacial score (nSPS) is 25.4. The van der Waals surface area contributed by atoms with E-state index < -0.39 is 12.1 Å². The maximum Gasteiger partial charge on any atom is 0.391 e. The van der Waals surface area contributed by atoms with Crippen LogP contribution in [-0.4, -0.2) is 12.2 Å². The Morgan fingerprint density at radius 2 is 1.95 bits per heavy atom. The van der Waals surface area contributed by atoms with Gasteiger partial charge in [0.15, 0.2) is 0 Å². The third-order valence-corrected chi connectivity index (χ3v) is 4.50. The molecule has 2 N–H and O–H groups in total. The summed E-state index contributed by atoms with van der Waals surface area (Å²) < 4.78 is 38.5. The molecule has 112 valence electrons. The van der Waals surface area contributed by atoms with Crippen LogP contribution < -0.4 is 5.73 Å². The Balaban J connectivity index is 1.99. The van der Waals surface area contributed by atoms with E-state index in [-0.39, 0.29) is 24.8 Å². The molecule has 0 bridgehead atoms. The molecule has 0 spiro atoms. The van der Waals surface area contributed by atoms with Crippen LogP contribution in [0, 0.1) is 18.8 Å². The summed E-state index contributed by atoms with van der Waals surface area (Å²) in [7, 11) is 0. The first-order valence-electron chi connectivity index (χ1n) is 7.24. The van der Waals surface area contributed by atoms with Gasteiger partial charge in [-0.05, 0) is 49.7 Å². The molecule has 0 aromatic heterocycles. The topological polar surface area (TPSA) is 26.0 Å². The number of aryl methyl sites for hydroxylation is 1. The number of nitrogens with two attached hydrogens (primary N) is 1. The summed E-state index contributed by atoms with van der Waals surface area (Å²) in [5, 5.41) is 0. The Morgan fingerprint density at radius 3 is 2.60 bits per heavy atom. The Labute approximate surface area is 118 Å². The summed E-state index contributed by atoms with van der Waals surface area (Å²) >= 11 is 0. The lowest BCUT2D eigenvalue weighted by Crippen LogP contribution is -2.39. The molecule has 3 atom stereocenters. The fourth-order valence-electron chi connectivity index (χ4n) is 3.17. The molecule has 0 aliphatic heterocycles. The van der Waals surface area contributed by atoms with Crippen molar-refractivity contribution in [3.8, 4) is 0 Å². The van der Waals surface area contributed by atoms with Gasteiger partial charge in [-0.25, -0.2) is 0 Å². The zero-order valence-corrected chi connectivity index (χ0v) is 11.8. The van der Waals surface area contributed by atoms with Crippen LogP contribution >= 0.6 is 0 Å². The fourth-order valence-corrected chi connectivity index (χ4v) is 3.17. The first kappa shape index (κ1) is 15.4. The zero-order chi connectivity index (χ0) is 14.8. The number of rotatable bonds is 3. The van der Waals surface area contributed by atoms with E-state index in [1.165, 1.54) is 0 Å². The van der Waals surface area contributed by atoms with Crippen LogP contribution in [0.3, 0.4) is 0 Å². The van der Waals surface area contributed by atoms with E-state index in [1.54, 1.807) is 0 Å². The van der Waals surface area contributed by atoms with Crippen molar-refractivity contribution < 1.29 is 13.2 Å². The number of benzene rings is 1. The summed E-state index contributed by atoms with van der Waals surface area (Å²) in [6.45, 7) is 2.02. The Kier molecular flexibility index (Phi) is 4.74. The predicted octanol–water partition coefficient (Wildman–Crippen LogP) is 4.23. The van der Waals surface area contributed by atoms with Gasteiger partial charge in [-0.15, -0.1) is 0 Å². The van der Waals surface area contributed by atoms with Gasteiger partial charge in [0.05, 0.1) is 5.92 Å². The highest BCUT2D eigenvalue weighted by molar-refractivity contribution is 5.26. The van der Waals surface area contributed by atoms with E-state index in [4.69, 9.17) is 5.73 Å². The van der Waals surface area contributed by atoms with Crippen molar-refractivity contribution in [2.24, 2.45) is 17.6 Å². The fraction of sp³-hybridized carbons (Fsp3) is 0.625. The van der Waals surface area contributed by atoms with Crippen molar-refractivity contribution in [1.29, 1.82) is 0 Å². The third kappa shape index (κ3) is 3.75. The average Bonchev–Trinajstić information content (AvgIpc) is 2.40. The zero-order valence-electron chi connectivity index (χ0n) is 11.8. The van der Waals surface area contributed by atoms with Crippen molar-refractivity contribution in [2.75, 3.05) is 0 Å². The van der Waals surface area contributed by atoms with Gasteiger partial charge in [0.1, 0.15) is 0 Å². The van der Waals surface area contributed by atoms with E-state index in [2.05, 4.69) is 0 Å². The van der Waals surface area contributed by atoms with Crippen molar-refractivity contribution in [3.05, 3.63) is 35.4 Å². The van der Waals surface area contributed by atoms with E-state index in [1.807, 2.05) is 31.2 Å². The summed E-state index contributed by atoms with van der Waals surface area (Å²) in [5.74, 6) is -1.18. The summed E-state index contributed by atoms with van der Waals surface area (Å²) in [6.07, 6.45) is -1.49. The van der Waals surface area contributed by atoms with Gasteiger partial charge in [-0.1, -0.05) is 30.7 Å². The highest BCUT2D eigenvalue weighted by Gasteiger charge is 2.43. The first-order valence-corrected chi connectivity index (χ1v) is 7.24. The minimum absolute atomic E-state index is 0.0185. The highest BCUT2D eigenvalue weighted by atomic mass is 19.4. The molecule has 0 heterocycles. The van der Waals surface area contributed by atoms with Gasteiger partial charge in [0.25, 0.3) is 0 Å². The van der Waals surface area contributed by atoms with Crippen LogP contribution in [0.25, 0.3) is 0 Å². The largest absolute Gasteiger partial charge is 0.391 e. The molecule has 3 unspecified atom stereocenters. The molecule has 1 nitrogen and oxygen atoms in total. The first-order chi connectivity index (χ1) is 9.38. The van der Waals surface area contributed by atoms with E-state index in [0.29, 0.717) is 12.8 Å². The minimum atomic E-state index is -4.07. The second-order valence-electron chi connectivity index (χ2n) is 5.96. The quantitative estimate of drug-likeness (QED) is 0.883. The van der Waals surface area contributed by atoms with Gasteiger partial charge in [-0.3, -0.25) is 0 Å². The van der Waals surface area contributed by atoms with Crippen LogP contribution in [0.5, 0.6) is 0 Å². The lowest BCUT2D eigenvalue weighted by Gasteiger charge is -2.34. The number of hydrogen-bond acceptors (Lipinski definition) is 1. The monoisotopic (exact) mass is 285 g/mol. The van der Waals surface area contributed by atoms with E-state index >= 15 is 0 Å². The molecule has 1 fully saturated rings. The molecule has 1 saturated carbocycles. The molecule has 1 aromatic rings. The van der Waals surface area contributed by atoms with Crippen molar-refractivity contribution >= 4 is 0 Å². The molecule has 1 aromatic carbocycles. The van der Waals surface area contributed by atoms with Crippen LogP contribution in [0.1, 0.15) is 36.8 Å². The Morgan fingerprint density at radius 1 is 1.25 bits per heavy atom. The van der Waals surface area contributed by atoms with Crippen LogP contribution in [0.4, 0.5) is 13.2 Å². The van der Waals surface area contributed by atoms with E-state index in [9.17, 15) is 13.2 Å². The number of hydrogen-bond donors (Lipinski definition) is 1. The summed E-state index contributed by atoms with van der Waals surface area (Å²) in [4.78, 5) is 0. The Hall–Kier alpha value is -1.03. The van der Waals surface area contributed by atoms with Gasteiger partial charge in [0.2, 0.25) is 0 Å². The average molecular weight is 285 g/mol. The van der Waals surface area contributed by atoms with Crippen molar-refractivity contribution in [2.45, 2.75) is 51.2 Å². The summed E-state index contributed by atoms with van der Waals surface area (Å²) in [6, 6.07) is 7.76. The maximum atomic E-state index is 12.8. The second-order valence-corrected chi connectivity index (χ2v) is 5.96. The highest BCUT2D eigenvalue weighted by Crippen LogP contribution is 2.41.